The van der Waals surface area contributed by atoms with E-state index in [2.05, 4.69) is 15.1 Å². The summed E-state index contributed by atoms with van der Waals surface area (Å²) < 4.78 is 21.1. The predicted molar refractivity (Wildman–Crippen MR) is 126 cm³/mol. The zero-order valence-corrected chi connectivity index (χ0v) is 18.6. The summed E-state index contributed by atoms with van der Waals surface area (Å²) in [6, 6.07) is 14.8. The minimum Gasteiger partial charge on any atom is -0.461 e. The van der Waals surface area contributed by atoms with Gasteiger partial charge in [0.1, 0.15) is 5.82 Å². The summed E-state index contributed by atoms with van der Waals surface area (Å²) in [6.07, 6.45) is 1.58. The molecule has 3 aromatic heterocycles. The molecule has 0 N–H and O–H groups in total. The van der Waals surface area contributed by atoms with Crippen LogP contribution in [0.25, 0.3) is 28.1 Å². The fourth-order valence-electron chi connectivity index (χ4n) is 4.28. The van der Waals surface area contributed by atoms with E-state index in [9.17, 15) is 9.18 Å². The minimum absolute atomic E-state index is 0.192. The molecule has 0 radical (unpaired) electrons. The third kappa shape index (κ3) is 3.45. The van der Waals surface area contributed by atoms with Gasteiger partial charge in [-0.3, -0.25) is 4.79 Å². The summed E-state index contributed by atoms with van der Waals surface area (Å²) in [5.74, 6) is 1.13. The highest BCUT2D eigenvalue weighted by molar-refractivity contribution is 6.31. The molecule has 0 spiro atoms. The van der Waals surface area contributed by atoms with Crippen LogP contribution in [0.2, 0.25) is 5.02 Å². The first-order chi connectivity index (χ1) is 16.6. The average molecular weight is 477 g/mol. The van der Waals surface area contributed by atoms with Crippen LogP contribution in [-0.4, -0.2) is 56.6 Å². The van der Waals surface area contributed by atoms with E-state index >= 15 is 0 Å². The Hall–Kier alpha value is -3.98. The van der Waals surface area contributed by atoms with Crippen LogP contribution in [0, 0.1) is 5.82 Å². The highest BCUT2D eigenvalue weighted by Gasteiger charge is 2.27. The molecule has 0 aliphatic carbocycles. The second-order valence-corrected chi connectivity index (χ2v) is 8.46. The van der Waals surface area contributed by atoms with E-state index in [-0.39, 0.29) is 5.91 Å². The first-order valence-corrected chi connectivity index (χ1v) is 11.1. The number of piperazine rings is 1. The molecule has 1 aliphatic heterocycles. The predicted octanol–water partition coefficient (Wildman–Crippen LogP) is 4.29. The number of hydrogen-bond donors (Lipinski definition) is 0. The standard InChI is InChI=1S/C24H18ClFN6O2/c25-16-6-7-18-19(14-16)27-24(32-21(18)28-29-22(32)20-5-2-12-34-20)31-10-8-30(9-11-31)23(33)15-3-1-4-17(26)13-15/h1-7,12-14H,8-11H2. The van der Waals surface area contributed by atoms with Gasteiger partial charge in [0, 0.05) is 42.2 Å². The van der Waals surface area contributed by atoms with Crippen LogP contribution in [0.4, 0.5) is 10.3 Å². The number of carbonyl (C=O) groups excluding carboxylic acids is 1. The molecule has 10 heteroatoms. The van der Waals surface area contributed by atoms with Gasteiger partial charge in [-0.25, -0.2) is 13.8 Å². The Kier molecular flexibility index (Phi) is 4.91. The van der Waals surface area contributed by atoms with Gasteiger partial charge in [0.15, 0.2) is 11.4 Å². The molecule has 34 heavy (non-hydrogen) atoms. The molecule has 0 bridgehead atoms. The van der Waals surface area contributed by atoms with Gasteiger partial charge in [-0.1, -0.05) is 17.7 Å². The number of amides is 1. The van der Waals surface area contributed by atoms with Crippen molar-refractivity contribution in [3.8, 4) is 11.6 Å². The summed E-state index contributed by atoms with van der Waals surface area (Å²) in [4.78, 5) is 21.6. The fraction of sp³-hybridized carbons (Fsp3) is 0.167. The summed E-state index contributed by atoms with van der Waals surface area (Å²) >= 11 is 6.24. The first-order valence-electron chi connectivity index (χ1n) is 10.8. The number of hydrogen-bond acceptors (Lipinski definition) is 6. The fourth-order valence-corrected chi connectivity index (χ4v) is 4.45. The maximum atomic E-state index is 13.6. The first kappa shape index (κ1) is 20.6. The van der Waals surface area contributed by atoms with Gasteiger partial charge < -0.3 is 14.2 Å². The SMILES string of the molecule is O=C(c1cccc(F)c1)N1CCN(c2nc3cc(Cl)ccc3c3nnc(-c4ccco4)n23)CC1. The smallest absolute Gasteiger partial charge is 0.254 e. The number of benzene rings is 2. The normalized spacial score (nSPS) is 14.3. The van der Waals surface area contributed by atoms with Crippen LogP contribution in [0.5, 0.6) is 0 Å². The third-order valence-electron chi connectivity index (χ3n) is 5.95. The van der Waals surface area contributed by atoms with Crippen molar-refractivity contribution in [3.63, 3.8) is 0 Å². The molecule has 0 atom stereocenters. The van der Waals surface area contributed by atoms with Crippen molar-refractivity contribution >= 4 is 40.0 Å². The monoisotopic (exact) mass is 476 g/mol. The van der Waals surface area contributed by atoms with Gasteiger partial charge >= 0.3 is 0 Å². The number of nitrogens with zero attached hydrogens (tertiary/aromatic N) is 6. The van der Waals surface area contributed by atoms with Crippen molar-refractivity contribution in [2.45, 2.75) is 0 Å². The molecule has 4 heterocycles. The summed E-state index contributed by atoms with van der Waals surface area (Å²) in [5, 5.41) is 10.2. The van der Waals surface area contributed by atoms with Crippen molar-refractivity contribution in [1.29, 1.82) is 0 Å². The molecule has 1 saturated heterocycles. The highest BCUT2D eigenvalue weighted by Crippen LogP contribution is 2.30. The molecule has 170 valence electrons. The van der Waals surface area contributed by atoms with Gasteiger partial charge in [0.05, 0.1) is 11.8 Å². The van der Waals surface area contributed by atoms with Crippen molar-refractivity contribution in [2.75, 3.05) is 31.1 Å². The van der Waals surface area contributed by atoms with Crippen molar-refractivity contribution < 1.29 is 13.6 Å². The molecule has 8 nitrogen and oxygen atoms in total. The van der Waals surface area contributed by atoms with Gasteiger partial charge in [-0.15, -0.1) is 10.2 Å². The maximum Gasteiger partial charge on any atom is 0.254 e. The second-order valence-electron chi connectivity index (χ2n) is 8.02. The molecule has 1 amide bonds. The molecule has 6 rings (SSSR count). The summed E-state index contributed by atoms with van der Waals surface area (Å²) in [5.41, 5.74) is 1.68. The van der Waals surface area contributed by atoms with Crippen LogP contribution in [0.15, 0.2) is 65.3 Å². The van der Waals surface area contributed by atoms with Crippen LogP contribution in [0.1, 0.15) is 10.4 Å². The Labute approximate surface area is 198 Å². The van der Waals surface area contributed by atoms with E-state index in [1.807, 2.05) is 16.5 Å². The Bertz CT molecular complexity index is 1530. The molecule has 1 aliphatic rings. The third-order valence-corrected chi connectivity index (χ3v) is 6.18. The van der Waals surface area contributed by atoms with Crippen molar-refractivity contribution in [3.05, 3.63) is 77.3 Å². The average Bonchev–Trinajstić information content (AvgIpc) is 3.53. The second kappa shape index (κ2) is 8.11. The lowest BCUT2D eigenvalue weighted by Crippen LogP contribution is -2.49. The summed E-state index contributed by atoms with van der Waals surface area (Å²) in [6.45, 7) is 1.99. The Morgan fingerprint density at radius 2 is 1.85 bits per heavy atom. The Morgan fingerprint density at radius 1 is 1.00 bits per heavy atom. The van der Waals surface area contributed by atoms with E-state index in [0.29, 0.717) is 65.5 Å². The van der Waals surface area contributed by atoms with Gasteiger partial charge in [-0.2, -0.15) is 0 Å². The van der Waals surface area contributed by atoms with Crippen molar-refractivity contribution in [1.82, 2.24) is 24.5 Å². The maximum absolute atomic E-state index is 13.6. The number of furan rings is 1. The van der Waals surface area contributed by atoms with Gasteiger partial charge in [-0.05, 0) is 48.5 Å². The molecule has 0 unspecified atom stereocenters. The largest absolute Gasteiger partial charge is 0.461 e. The lowest BCUT2D eigenvalue weighted by molar-refractivity contribution is 0.0745. The van der Waals surface area contributed by atoms with Crippen LogP contribution in [0.3, 0.4) is 0 Å². The Balaban J connectivity index is 1.38. The van der Waals surface area contributed by atoms with Gasteiger partial charge in [0.2, 0.25) is 11.8 Å². The molecule has 0 saturated carbocycles. The van der Waals surface area contributed by atoms with Crippen LogP contribution in [-0.2, 0) is 0 Å². The van der Waals surface area contributed by atoms with E-state index in [4.69, 9.17) is 21.0 Å². The van der Waals surface area contributed by atoms with Gasteiger partial charge in [0.25, 0.3) is 5.91 Å². The number of rotatable bonds is 3. The van der Waals surface area contributed by atoms with Crippen LogP contribution >= 0.6 is 11.6 Å². The van der Waals surface area contributed by atoms with Crippen molar-refractivity contribution in [2.24, 2.45) is 0 Å². The summed E-state index contributed by atoms with van der Waals surface area (Å²) in [7, 11) is 0. The molecular formula is C24H18ClFN6O2. The molecule has 1 fully saturated rings. The number of aromatic nitrogens is 4. The van der Waals surface area contributed by atoms with E-state index in [0.717, 1.165) is 5.39 Å². The zero-order valence-electron chi connectivity index (χ0n) is 17.9. The quantitative estimate of drug-likeness (QED) is 0.386. The van der Waals surface area contributed by atoms with E-state index in [1.54, 1.807) is 41.5 Å². The minimum atomic E-state index is -0.427. The number of carbonyl (C=O) groups is 1. The molecule has 2 aromatic carbocycles. The lowest BCUT2D eigenvalue weighted by atomic mass is 10.1. The lowest BCUT2D eigenvalue weighted by Gasteiger charge is -2.35. The Morgan fingerprint density at radius 3 is 2.62 bits per heavy atom. The molecule has 5 aromatic rings. The number of fused-ring (bicyclic) bond motifs is 3. The number of halogens is 2. The van der Waals surface area contributed by atoms with E-state index < -0.39 is 5.82 Å². The number of anilines is 1. The molecular weight excluding hydrogens is 459 g/mol. The topological polar surface area (TPSA) is 79.8 Å². The highest BCUT2D eigenvalue weighted by atomic mass is 35.5. The zero-order chi connectivity index (χ0) is 23.2. The van der Waals surface area contributed by atoms with E-state index in [1.165, 1.54) is 12.1 Å². The van der Waals surface area contributed by atoms with Crippen LogP contribution < -0.4 is 4.90 Å².